The second-order valence-electron chi connectivity index (χ2n) is 10.0. The molecule has 3 aliphatic carbocycles. The molecule has 1 atom stereocenters. The lowest BCUT2D eigenvalue weighted by Crippen LogP contribution is -2.50. The third-order valence-corrected chi connectivity index (χ3v) is 8.84. The van der Waals surface area contributed by atoms with Gasteiger partial charge < -0.3 is 9.80 Å². The third kappa shape index (κ3) is 3.31. The monoisotopic (exact) mass is 424 g/mol. The number of carbonyl (C=O) groups excluding carboxylic acids is 1. The smallest absolute Gasteiger partial charge is 0.225 e. The Morgan fingerprint density at radius 1 is 1.00 bits per heavy atom. The number of anilines is 1. The minimum absolute atomic E-state index is 0.287. The van der Waals surface area contributed by atoms with Gasteiger partial charge in [-0.05, 0) is 56.4 Å². The topological polar surface area (TPSA) is 49.3 Å². The summed E-state index contributed by atoms with van der Waals surface area (Å²) in [6.45, 7) is 5.84. The van der Waals surface area contributed by atoms with Gasteiger partial charge >= 0.3 is 0 Å². The zero-order chi connectivity index (χ0) is 20.2. The second kappa shape index (κ2) is 7.47. The van der Waals surface area contributed by atoms with Crippen LogP contribution in [0.15, 0.2) is 0 Å². The van der Waals surface area contributed by atoms with Gasteiger partial charge in [0.1, 0.15) is 16.5 Å². The molecule has 2 aromatic heterocycles. The maximum atomic E-state index is 12.9. The average molecular weight is 425 g/mol. The number of piperazine rings is 1. The zero-order valence-electron chi connectivity index (χ0n) is 18.0. The Kier molecular flexibility index (Phi) is 4.74. The number of aromatic nitrogens is 2. The first-order valence-electron chi connectivity index (χ1n) is 12.0. The number of thiophene rings is 1. The number of hydrogen-bond acceptors (Lipinski definition) is 5. The van der Waals surface area contributed by atoms with Crippen LogP contribution in [0.25, 0.3) is 10.2 Å². The lowest BCUT2D eigenvalue weighted by atomic mass is 9.89. The number of hydrogen-bond donors (Lipinski definition) is 0. The van der Waals surface area contributed by atoms with Gasteiger partial charge in [-0.1, -0.05) is 19.8 Å². The molecule has 3 heterocycles. The van der Waals surface area contributed by atoms with Gasteiger partial charge in [-0.15, -0.1) is 11.3 Å². The van der Waals surface area contributed by atoms with Crippen LogP contribution in [0.2, 0.25) is 0 Å². The van der Waals surface area contributed by atoms with E-state index in [0.717, 1.165) is 57.2 Å². The Morgan fingerprint density at radius 3 is 2.50 bits per heavy atom. The molecule has 2 saturated carbocycles. The van der Waals surface area contributed by atoms with Crippen molar-refractivity contribution in [3.63, 3.8) is 0 Å². The summed E-state index contributed by atoms with van der Waals surface area (Å²) in [5.41, 5.74) is 1.52. The van der Waals surface area contributed by atoms with Crippen molar-refractivity contribution in [3.8, 4) is 0 Å². The summed E-state index contributed by atoms with van der Waals surface area (Å²) in [5, 5.41) is 1.34. The van der Waals surface area contributed by atoms with Gasteiger partial charge in [-0.2, -0.15) is 0 Å². The van der Waals surface area contributed by atoms with Crippen molar-refractivity contribution in [2.24, 2.45) is 11.8 Å². The molecular weight excluding hydrogens is 392 g/mol. The van der Waals surface area contributed by atoms with E-state index in [1.807, 2.05) is 11.3 Å². The van der Waals surface area contributed by atoms with Gasteiger partial charge in [-0.25, -0.2) is 9.97 Å². The summed E-state index contributed by atoms with van der Waals surface area (Å²) in [4.78, 5) is 30.4. The van der Waals surface area contributed by atoms with Crippen molar-refractivity contribution < 1.29 is 4.79 Å². The lowest BCUT2D eigenvalue weighted by molar-refractivity contribution is -0.135. The van der Waals surface area contributed by atoms with Crippen LogP contribution in [0.5, 0.6) is 0 Å². The van der Waals surface area contributed by atoms with Crippen molar-refractivity contribution in [1.29, 1.82) is 0 Å². The van der Waals surface area contributed by atoms with Crippen molar-refractivity contribution in [1.82, 2.24) is 14.9 Å². The molecule has 0 N–H and O–H groups in total. The van der Waals surface area contributed by atoms with Crippen LogP contribution in [-0.4, -0.2) is 47.0 Å². The maximum absolute atomic E-state index is 12.9. The quantitative estimate of drug-likeness (QED) is 0.726. The summed E-state index contributed by atoms with van der Waals surface area (Å²) in [7, 11) is 0. The molecule has 1 amide bonds. The van der Waals surface area contributed by atoms with E-state index in [4.69, 9.17) is 9.97 Å². The fourth-order valence-electron chi connectivity index (χ4n) is 5.66. The summed E-state index contributed by atoms with van der Waals surface area (Å²) < 4.78 is 0. The van der Waals surface area contributed by atoms with E-state index in [1.54, 1.807) is 4.88 Å². The Balaban J connectivity index is 1.30. The van der Waals surface area contributed by atoms with Gasteiger partial charge in [0.25, 0.3) is 0 Å². The van der Waals surface area contributed by atoms with Crippen LogP contribution in [0.1, 0.15) is 74.1 Å². The number of rotatable bonds is 3. The molecule has 0 unspecified atom stereocenters. The van der Waals surface area contributed by atoms with Gasteiger partial charge in [0.2, 0.25) is 5.91 Å². The van der Waals surface area contributed by atoms with Crippen LogP contribution in [-0.2, 0) is 17.6 Å². The van der Waals surface area contributed by atoms with Gasteiger partial charge in [0.15, 0.2) is 0 Å². The fraction of sp³-hybridized carbons (Fsp3) is 0.708. The highest BCUT2D eigenvalue weighted by Crippen LogP contribution is 2.45. The largest absolute Gasteiger partial charge is 0.352 e. The highest BCUT2D eigenvalue weighted by Gasteiger charge is 2.33. The van der Waals surface area contributed by atoms with E-state index in [9.17, 15) is 4.79 Å². The summed E-state index contributed by atoms with van der Waals surface area (Å²) in [6, 6.07) is 0. The molecule has 6 rings (SSSR count). The number of carbonyl (C=O) groups is 1. The second-order valence-corrected chi connectivity index (χ2v) is 11.1. The first kappa shape index (κ1) is 19.0. The minimum atomic E-state index is 0.287. The van der Waals surface area contributed by atoms with Crippen molar-refractivity contribution in [2.75, 3.05) is 31.1 Å². The van der Waals surface area contributed by atoms with Crippen molar-refractivity contribution in [2.45, 2.75) is 70.6 Å². The van der Waals surface area contributed by atoms with Crippen LogP contribution < -0.4 is 4.90 Å². The van der Waals surface area contributed by atoms with Crippen LogP contribution in [0, 0.1) is 11.8 Å². The predicted octanol–water partition coefficient (Wildman–Crippen LogP) is 4.53. The maximum Gasteiger partial charge on any atom is 0.225 e. The molecule has 160 valence electrons. The van der Waals surface area contributed by atoms with E-state index in [0.29, 0.717) is 11.8 Å². The Morgan fingerprint density at radius 2 is 1.77 bits per heavy atom. The highest BCUT2D eigenvalue weighted by molar-refractivity contribution is 7.19. The zero-order valence-corrected chi connectivity index (χ0v) is 18.8. The van der Waals surface area contributed by atoms with E-state index in [1.165, 1.54) is 60.1 Å². The highest BCUT2D eigenvalue weighted by atomic mass is 32.1. The molecule has 0 bridgehead atoms. The SMILES string of the molecule is C[C@H]1CCc2c(sc3nc(C4CC4)nc(N4CCN(C(=O)C5CCCC5)CC4)c23)C1. The number of amides is 1. The number of aryl methyl sites for hydroxylation is 1. The Bertz CT molecular complexity index is 967. The van der Waals surface area contributed by atoms with Gasteiger partial charge in [0.05, 0.1) is 5.39 Å². The molecule has 0 aromatic carbocycles. The third-order valence-electron chi connectivity index (χ3n) is 7.69. The standard InChI is InChI=1S/C24H32N4OS/c1-15-6-9-18-19(14-15)30-23-20(18)22(25-21(26-23)16-7-8-16)27-10-12-28(13-11-27)24(29)17-4-2-3-5-17/h15-17H,2-14H2,1H3/t15-/m0/s1. The van der Waals surface area contributed by atoms with E-state index in [2.05, 4.69) is 16.7 Å². The van der Waals surface area contributed by atoms with E-state index in [-0.39, 0.29) is 5.92 Å². The molecule has 1 aliphatic heterocycles. The first-order chi connectivity index (χ1) is 14.7. The Hall–Kier alpha value is -1.69. The van der Waals surface area contributed by atoms with E-state index >= 15 is 0 Å². The average Bonchev–Trinajstić information content (AvgIpc) is 3.34. The molecule has 2 aromatic rings. The number of nitrogens with zero attached hydrogens (tertiary/aromatic N) is 4. The normalized spacial score (nSPS) is 25.2. The molecule has 30 heavy (non-hydrogen) atoms. The molecule has 3 fully saturated rings. The molecular formula is C24H32N4OS. The molecule has 0 radical (unpaired) electrons. The molecule has 5 nitrogen and oxygen atoms in total. The lowest BCUT2D eigenvalue weighted by Gasteiger charge is -2.37. The summed E-state index contributed by atoms with van der Waals surface area (Å²) >= 11 is 1.92. The molecule has 0 spiro atoms. The van der Waals surface area contributed by atoms with Crippen LogP contribution in [0.4, 0.5) is 5.82 Å². The fourth-order valence-corrected chi connectivity index (χ4v) is 7.05. The van der Waals surface area contributed by atoms with Gasteiger partial charge in [0, 0.05) is 42.9 Å². The van der Waals surface area contributed by atoms with Crippen LogP contribution >= 0.6 is 11.3 Å². The first-order valence-corrected chi connectivity index (χ1v) is 12.8. The van der Waals surface area contributed by atoms with Crippen LogP contribution in [0.3, 0.4) is 0 Å². The molecule has 4 aliphatic rings. The Labute approximate surface area is 182 Å². The molecule has 6 heteroatoms. The predicted molar refractivity (Wildman–Crippen MR) is 121 cm³/mol. The van der Waals surface area contributed by atoms with Crippen molar-refractivity contribution in [3.05, 3.63) is 16.3 Å². The number of fused-ring (bicyclic) bond motifs is 3. The summed E-state index contributed by atoms with van der Waals surface area (Å²) in [6.07, 6.45) is 10.7. The summed E-state index contributed by atoms with van der Waals surface area (Å²) in [5.74, 6) is 4.26. The van der Waals surface area contributed by atoms with E-state index < -0.39 is 0 Å². The molecule has 1 saturated heterocycles. The minimum Gasteiger partial charge on any atom is -0.352 e. The van der Waals surface area contributed by atoms with Crippen molar-refractivity contribution >= 4 is 33.3 Å². The van der Waals surface area contributed by atoms with Gasteiger partial charge in [-0.3, -0.25) is 4.79 Å².